The topological polar surface area (TPSA) is 46.6 Å². The summed E-state index contributed by atoms with van der Waals surface area (Å²) in [7, 11) is 1.66. The van der Waals surface area contributed by atoms with Crippen molar-refractivity contribution in [2.24, 2.45) is 0 Å². The second-order valence-electron chi connectivity index (χ2n) is 6.46. The van der Waals surface area contributed by atoms with Crippen molar-refractivity contribution in [1.29, 1.82) is 0 Å². The Hall–Kier alpha value is -2.79. The van der Waals surface area contributed by atoms with E-state index in [0.717, 1.165) is 59.9 Å². The molecule has 1 aliphatic heterocycles. The van der Waals surface area contributed by atoms with Gasteiger partial charge in [0.05, 0.1) is 18.3 Å². The molecule has 134 valence electrons. The normalized spacial score (nSPS) is 14.5. The number of methoxy groups -OCH3 is 1. The molecule has 5 heteroatoms. The molecule has 5 nitrogen and oxygen atoms in total. The highest BCUT2D eigenvalue weighted by molar-refractivity contribution is 5.95. The molecule has 0 saturated carbocycles. The third kappa shape index (κ3) is 3.18. The Morgan fingerprint density at radius 2 is 1.73 bits per heavy atom. The van der Waals surface area contributed by atoms with E-state index in [0.29, 0.717) is 0 Å². The Morgan fingerprint density at radius 3 is 2.46 bits per heavy atom. The molecule has 4 rings (SSSR count). The Bertz CT molecular complexity index is 903. The predicted octanol–water partition coefficient (Wildman–Crippen LogP) is 3.75. The summed E-state index contributed by atoms with van der Waals surface area (Å²) in [5.41, 5.74) is 3.18. The molecule has 2 heterocycles. The molecule has 26 heavy (non-hydrogen) atoms. The van der Waals surface area contributed by atoms with Crippen LogP contribution in [-0.2, 0) is 0 Å². The Morgan fingerprint density at radius 1 is 1.00 bits per heavy atom. The highest BCUT2D eigenvalue weighted by atomic mass is 16.5. The molecule has 0 spiro atoms. The smallest absolute Gasteiger partial charge is 0.141 e. The summed E-state index contributed by atoms with van der Waals surface area (Å²) >= 11 is 0. The molecule has 1 fully saturated rings. The first-order valence-electron chi connectivity index (χ1n) is 8.92. The zero-order valence-corrected chi connectivity index (χ0v) is 15.2. The Kier molecular flexibility index (Phi) is 4.63. The summed E-state index contributed by atoms with van der Waals surface area (Å²) in [6, 6.07) is 14.0. The van der Waals surface area contributed by atoms with Gasteiger partial charge in [0, 0.05) is 43.3 Å². The van der Waals surface area contributed by atoms with Crippen LogP contribution in [0.2, 0.25) is 0 Å². The van der Waals surface area contributed by atoms with Crippen LogP contribution >= 0.6 is 0 Å². The SMILES string of the molecule is COc1ccc(Oc2c(C)cnc3c(N4CCNCC4)cccc23)cc1. The van der Waals surface area contributed by atoms with Gasteiger partial charge in [-0.1, -0.05) is 6.07 Å². The molecule has 0 aliphatic carbocycles. The number of pyridine rings is 1. The van der Waals surface area contributed by atoms with E-state index >= 15 is 0 Å². The third-order valence-electron chi connectivity index (χ3n) is 4.74. The summed E-state index contributed by atoms with van der Waals surface area (Å²) in [4.78, 5) is 7.11. The number of anilines is 1. The van der Waals surface area contributed by atoms with E-state index in [1.165, 1.54) is 5.69 Å². The van der Waals surface area contributed by atoms with Crippen LogP contribution in [0.5, 0.6) is 17.2 Å². The maximum absolute atomic E-state index is 6.24. The first-order chi connectivity index (χ1) is 12.8. The first kappa shape index (κ1) is 16.7. The predicted molar refractivity (Wildman–Crippen MR) is 105 cm³/mol. The van der Waals surface area contributed by atoms with Crippen molar-refractivity contribution in [3.63, 3.8) is 0 Å². The number of ether oxygens (including phenoxy) is 2. The van der Waals surface area contributed by atoms with E-state index in [-0.39, 0.29) is 0 Å². The van der Waals surface area contributed by atoms with Gasteiger partial charge in [-0.15, -0.1) is 0 Å². The molecule has 3 aromatic rings. The van der Waals surface area contributed by atoms with E-state index < -0.39 is 0 Å². The van der Waals surface area contributed by atoms with Gasteiger partial charge >= 0.3 is 0 Å². The van der Waals surface area contributed by atoms with Gasteiger partial charge in [-0.2, -0.15) is 0 Å². The molecule has 2 aromatic carbocycles. The number of benzene rings is 2. The van der Waals surface area contributed by atoms with Crippen LogP contribution in [0.25, 0.3) is 10.9 Å². The summed E-state index contributed by atoms with van der Waals surface area (Å²) in [5.74, 6) is 2.46. The molecule has 0 unspecified atom stereocenters. The monoisotopic (exact) mass is 349 g/mol. The van der Waals surface area contributed by atoms with Crippen molar-refractivity contribution in [1.82, 2.24) is 10.3 Å². The maximum atomic E-state index is 6.24. The van der Waals surface area contributed by atoms with Gasteiger partial charge in [0.25, 0.3) is 0 Å². The van der Waals surface area contributed by atoms with E-state index in [1.54, 1.807) is 7.11 Å². The number of hydrogen-bond acceptors (Lipinski definition) is 5. The second-order valence-corrected chi connectivity index (χ2v) is 6.46. The van der Waals surface area contributed by atoms with Crippen LogP contribution < -0.4 is 19.7 Å². The number of aryl methyl sites for hydroxylation is 1. The minimum Gasteiger partial charge on any atom is -0.497 e. The molecule has 1 aliphatic rings. The highest BCUT2D eigenvalue weighted by Gasteiger charge is 2.17. The zero-order chi connectivity index (χ0) is 17.9. The quantitative estimate of drug-likeness (QED) is 0.777. The lowest BCUT2D eigenvalue weighted by Crippen LogP contribution is -2.43. The molecular weight excluding hydrogens is 326 g/mol. The number of rotatable bonds is 4. The molecule has 0 atom stereocenters. The van der Waals surface area contributed by atoms with Crippen molar-refractivity contribution >= 4 is 16.6 Å². The number of nitrogens with zero attached hydrogens (tertiary/aromatic N) is 2. The number of fused-ring (bicyclic) bond motifs is 1. The minimum absolute atomic E-state index is 0.786. The van der Waals surface area contributed by atoms with E-state index in [9.17, 15) is 0 Å². The number of para-hydroxylation sites is 1. The van der Waals surface area contributed by atoms with Crippen LogP contribution in [0.4, 0.5) is 5.69 Å². The standard InChI is InChI=1S/C21H23N3O2/c1-15-14-23-20-18(4-3-5-19(20)24-12-10-22-11-13-24)21(15)26-17-8-6-16(25-2)7-9-17/h3-9,14,22H,10-13H2,1-2H3. The van der Waals surface area contributed by atoms with Crippen molar-refractivity contribution in [2.45, 2.75) is 6.92 Å². The van der Waals surface area contributed by atoms with Gasteiger partial charge in [-0.3, -0.25) is 4.98 Å². The fraction of sp³-hybridized carbons (Fsp3) is 0.286. The van der Waals surface area contributed by atoms with E-state index in [1.807, 2.05) is 37.4 Å². The van der Waals surface area contributed by atoms with E-state index in [4.69, 9.17) is 14.5 Å². The van der Waals surface area contributed by atoms with Gasteiger partial charge in [-0.25, -0.2) is 0 Å². The lowest BCUT2D eigenvalue weighted by Gasteiger charge is -2.30. The van der Waals surface area contributed by atoms with Crippen LogP contribution in [0.3, 0.4) is 0 Å². The minimum atomic E-state index is 0.786. The fourth-order valence-electron chi connectivity index (χ4n) is 3.34. The summed E-state index contributed by atoms with van der Waals surface area (Å²) < 4.78 is 11.5. The fourth-order valence-corrected chi connectivity index (χ4v) is 3.34. The van der Waals surface area contributed by atoms with Gasteiger partial charge in [0.15, 0.2) is 0 Å². The maximum Gasteiger partial charge on any atom is 0.141 e. The summed E-state index contributed by atoms with van der Waals surface area (Å²) in [6.07, 6.45) is 1.90. The summed E-state index contributed by atoms with van der Waals surface area (Å²) in [5, 5.41) is 4.44. The van der Waals surface area contributed by atoms with Crippen molar-refractivity contribution in [3.8, 4) is 17.2 Å². The van der Waals surface area contributed by atoms with Gasteiger partial charge in [0.1, 0.15) is 17.2 Å². The third-order valence-corrected chi connectivity index (χ3v) is 4.74. The average Bonchev–Trinajstić information content (AvgIpc) is 2.71. The molecule has 0 bridgehead atoms. The number of nitrogens with one attached hydrogen (secondary N) is 1. The molecule has 0 amide bonds. The number of hydrogen-bond donors (Lipinski definition) is 1. The lowest BCUT2D eigenvalue weighted by molar-refractivity contribution is 0.413. The molecule has 1 saturated heterocycles. The molecule has 1 aromatic heterocycles. The lowest BCUT2D eigenvalue weighted by atomic mass is 10.1. The van der Waals surface area contributed by atoms with Crippen LogP contribution in [0, 0.1) is 6.92 Å². The largest absolute Gasteiger partial charge is 0.497 e. The van der Waals surface area contributed by atoms with Gasteiger partial charge in [0.2, 0.25) is 0 Å². The zero-order valence-electron chi connectivity index (χ0n) is 15.2. The van der Waals surface area contributed by atoms with Gasteiger partial charge in [-0.05, 0) is 43.3 Å². The van der Waals surface area contributed by atoms with Crippen LogP contribution in [-0.4, -0.2) is 38.3 Å². The second kappa shape index (κ2) is 7.22. The number of aromatic nitrogens is 1. The van der Waals surface area contributed by atoms with Crippen LogP contribution in [0.1, 0.15) is 5.56 Å². The number of piperazine rings is 1. The van der Waals surface area contributed by atoms with Crippen LogP contribution in [0.15, 0.2) is 48.7 Å². The average molecular weight is 349 g/mol. The van der Waals surface area contributed by atoms with Crippen molar-refractivity contribution < 1.29 is 9.47 Å². The molecule has 0 radical (unpaired) electrons. The van der Waals surface area contributed by atoms with Crippen molar-refractivity contribution in [3.05, 3.63) is 54.2 Å². The highest BCUT2D eigenvalue weighted by Crippen LogP contribution is 2.36. The Balaban J connectivity index is 1.74. The molecular formula is C21H23N3O2. The van der Waals surface area contributed by atoms with Gasteiger partial charge < -0.3 is 19.7 Å². The first-order valence-corrected chi connectivity index (χ1v) is 8.92. The van der Waals surface area contributed by atoms with E-state index in [2.05, 4.69) is 28.4 Å². The Labute approximate surface area is 153 Å². The van der Waals surface area contributed by atoms with Crippen molar-refractivity contribution in [2.75, 3.05) is 38.2 Å². The molecule has 1 N–H and O–H groups in total. The summed E-state index contributed by atoms with van der Waals surface area (Å²) in [6.45, 7) is 6.00.